The number of nitrogen functional groups attached to an aromatic ring is 1. The number of aromatic nitrogens is 2. The average Bonchev–Trinajstić information content (AvgIpc) is 2.66. The molecule has 9 heteroatoms. The lowest BCUT2D eigenvalue weighted by Crippen LogP contribution is -2.27. The van der Waals surface area contributed by atoms with Gasteiger partial charge in [0.1, 0.15) is 0 Å². The highest BCUT2D eigenvalue weighted by atomic mass is 35.5. The third kappa shape index (κ3) is 6.05. The maximum atomic E-state index is 12.2. The van der Waals surface area contributed by atoms with Crippen LogP contribution in [0.15, 0.2) is 49.6 Å². The Bertz CT molecular complexity index is 932. The Morgan fingerprint density at radius 1 is 1.24 bits per heavy atom. The first-order chi connectivity index (χ1) is 13.8. The van der Waals surface area contributed by atoms with Crippen molar-refractivity contribution >= 4 is 35.0 Å². The van der Waals surface area contributed by atoms with Gasteiger partial charge in [-0.1, -0.05) is 23.8 Å². The molecule has 0 aliphatic carbocycles. The Labute approximate surface area is 173 Å². The van der Waals surface area contributed by atoms with Gasteiger partial charge in [-0.25, -0.2) is 4.79 Å². The molecule has 1 heterocycles. The molecule has 2 rings (SSSR count). The normalized spacial score (nSPS) is 11.3. The minimum atomic E-state index is -1.20. The van der Waals surface area contributed by atoms with Crippen molar-refractivity contribution in [3.63, 3.8) is 0 Å². The summed E-state index contributed by atoms with van der Waals surface area (Å²) in [4.78, 5) is 23.3. The highest BCUT2D eigenvalue weighted by Gasteiger charge is 2.20. The molecule has 2 aromatic rings. The van der Waals surface area contributed by atoms with Crippen LogP contribution in [-0.2, 0) is 4.79 Å². The van der Waals surface area contributed by atoms with Crippen molar-refractivity contribution in [3.05, 3.63) is 60.3 Å². The fourth-order valence-electron chi connectivity index (χ4n) is 2.68. The molecule has 5 N–H and O–H groups in total. The number of amides is 2. The van der Waals surface area contributed by atoms with E-state index in [1.807, 2.05) is 0 Å². The van der Waals surface area contributed by atoms with Gasteiger partial charge in [0, 0.05) is 23.2 Å². The second-order valence-electron chi connectivity index (χ2n) is 6.18. The van der Waals surface area contributed by atoms with Gasteiger partial charge in [-0.05, 0) is 37.1 Å². The van der Waals surface area contributed by atoms with Gasteiger partial charge in [0.2, 0.25) is 5.91 Å². The van der Waals surface area contributed by atoms with Crippen LogP contribution in [0, 0.1) is 0 Å². The number of rotatable bonds is 9. The quantitative estimate of drug-likeness (QED) is 0.359. The molecule has 0 aliphatic rings. The van der Waals surface area contributed by atoms with Crippen molar-refractivity contribution in [2.24, 2.45) is 0 Å². The Kier molecular flexibility index (Phi) is 7.73. The summed E-state index contributed by atoms with van der Waals surface area (Å²) in [6.07, 6.45) is 3.16. The maximum Gasteiger partial charge on any atom is 0.405 e. The monoisotopic (exact) mass is 415 g/mol. The summed E-state index contributed by atoms with van der Waals surface area (Å²) >= 11 is 6.16. The predicted octanol–water partition coefficient (Wildman–Crippen LogP) is 4.17. The van der Waals surface area contributed by atoms with Crippen molar-refractivity contribution in [1.29, 1.82) is 0 Å². The highest BCUT2D eigenvalue weighted by molar-refractivity contribution is 6.30. The summed E-state index contributed by atoms with van der Waals surface area (Å²) in [6, 6.07) is 5.97. The fourth-order valence-corrected chi connectivity index (χ4v) is 2.91. The van der Waals surface area contributed by atoms with E-state index >= 15 is 0 Å². The minimum Gasteiger partial charge on any atom is -0.465 e. The molecular formula is C20H22ClN5O3. The van der Waals surface area contributed by atoms with Gasteiger partial charge in [0.25, 0.3) is 0 Å². The molecule has 8 nitrogen and oxygen atoms in total. The molecule has 1 atom stereocenters. The van der Waals surface area contributed by atoms with Crippen molar-refractivity contribution in [3.8, 4) is 11.3 Å². The van der Waals surface area contributed by atoms with E-state index in [-0.39, 0.29) is 17.5 Å². The zero-order valence-corrected chi connectivity index (χ0v) is 16.4. The van der Waals surface area contributed by atoms with Crippen LogP contribution in [0.1, 0.15) is 30.9 Å². The molecule has 0 spiro atoms. The summed E-state index contributed by atoms with van der Waals surface area (Å²) in [5.74, 6) is -0.198. The number of allylic oxidation sites excluding steroid dienone is 1. The Morgan fingerprint density at radius 3 is 2.66 bits per heavy atom. The van der Waals surface area contributed by atoms with Crippen LogP contribution in [0.2, 0.25) is 5.15 Å². The molecule has 0 radical (unpaired) electrons. The third-order valence-corrected chi connectivity index (χ3v) is 4.31. The standard InChI is InChI=1S/C20H22ClN5O3/c1-3-5-7-18(27)23-16-10-12(22)8-9-13(16)17-11-14(19(21)26-25-17)15(6-4-2)24-20(28)29/h3-4,8-11,15,24H,1-2,5-7,22H2,(H,23,27)(H,28,29). The zero-order chi connectivity index (χ0) is 21.4. The van der Waals surface area contributed by atoms with Crippen molar-refractivity contribution in [2.75, 3.05) is 11.1 Å². The summed E-state index contributed by atoms with van der Waals surface area (Å²) in [6.45, 7) is 7.25. The SMILES string of the molecule is C=CCCC(=O)Nc1cc(N)ccc1-c1cc(C(CC=C)NC(=O)O)c(Cl)nn1. The van der Waals surface area contributed by atoms with Crippen LogP contribution in [0.4, 0.5) is 16.2 Å². The Morgan fingerprint density at radius 2 is 2.00 bits per heavy atom. The summed E-state index contributed by atoms with van der Waals surface area (Å²) < 4.78 is 0. The number of nitrogens with two attached hydrogens (primary N) is 1. The van der Waals surface area contributed by atoms with E-state index in [0.29, 0.717) is 41.0 Å². The Hall–Kier alpha value is -3.39. The second-order valence-corrected chi connectivity index (χ2v) is 6.54. The molecule has 0 aliphatic heterocycles. The number of halogens is 1. The molecule has 29 heavy (non-hydrogen) atoms. The van der Waals surface area contributed by atoms with E-state index in [4.69, 9.17) is 22.4 Å². The van der Waals surface area contributed by atoms with Crippen molar-refractivity contribution < 1.29 is 14.7 Å². The van der Waals surface area contributed by atoms with Gasteiger partial charge in [-0.15, -0.1) is 23.4 Å². The lowest BCUT2D eigenvalue weighted by molar-refractivity contribution is -0.116. The van der Waals surface area contributed by atoms with Gasteiger partial charge in [0.15, 0.2) is 5.15 Å². The molecule has 1 aromatic carbocycles. The average molecular weight is 416 g/mol. The van der Waals surface area contributed by atoms with Crippen molar-refractivity contribution in [1.82, 2.24) is 15.5 Å². The molecular weight excluding hydrogens is 394 g/mol. The molecule has 0 bridgehead atoms. The number of nitrogens with one attached hydrogen (secondary N) is 2. The van der Waals surface area contributed by atoms with Gasteiger partial charge in [0.05, 0.1) is 17.4 Å². The summed E-state index contributed by atoms with van der Waals surface area (Å²) in [5, 5.41) is 22.4. The smallest absolute Gasteiger partial charge is 0.405 e. The molecule has 0 saturated heterocycles. The zero-order valence-electron chi connectivity index (χ0n) is 15.7. The summed E-state index contributed by atoms with van der Waals surface area (Å²) in [7, 11) is 0. The number of benzene rings is 1. The van der Waals surface area contributed by atoms with Crippen LogP contribution in [0.5, 0.6) is 0 Å². The van der Waals surface area contributed by atoms with Crippen LogP contribution < -0.4 is 16.4 Å². The fraction of sp³-hybridized carbons (Fsp3) is 0.200. The maximum absolute atomic E-state index is 12.2. The van der Waals surface area contributed by atoms with Crippen LogP contribution in [0.3, 0.4) is 0 Å². The second kappa shape index (κ2) is 10.2. The molecule has 0 fully saturated rings. The molecule has 152 valence electrons. The number of carbonyl (C=O) groups is 2. The summed E-state index contributed by atoms with van der Waals surface area (Å²) in [5.41, 5.74) is 8.22. The first kappa shape index (κ1) is 21.9. The number of hydrogen-bond donors (Lipinski definition) is 4. The number of carbonyl (C=O) groups excluding carboxylic acids is 1. The van der Waals surface area contributed by atoms with Crippen molar-refractivity contribution in [2.45, 2.75) is 25.3 Å². The first-order valence-corrected chi connectivity index (χ1v) is 9.17. The van der Waals surface area contributed by atoms with Crippen LogP contribution in [-0.4, -0.2) is 27.3 Å². The number of hydrogen-bond acceptors (Lipinski definition) is 5. The van der Waals surface area contributed by atoms with E-state index < -0.39 is 12.1 Å². The van der Waals surface area contributed by atoms with Crippen LogP contribution in [0.25, 0.3) is 11.3 Å². The number of carboxylic acid groups (broad SMARTS) is 1. The minimum absolute atomic E-state index is 0.0707. The van der Waals surface area contributed by atoms with Gasteiger partial charge in [-0.3, -0.25) is 4.79 Å². The van der Waals surface area contributed by atoms with Gasteiger partial charge < -0.3 is 21.5 Å². The number of anilines is 2. The van der Waals surface area contributed by atoms with E-state index in [1.54, 1.807) is 36.4 Å². The highest BCUT2D eigenvalue weighted by Crippen LogP contribution is 2.32. The van der Waals surface area contributed by atoms with E-state index in [2.05, 4.69) is 34.0 Å². The Balaban J connectivity index is 2.46. The van der Waals surface area contributed by atoms with E-state index in [1.165, 1.54) is 0 Å². The first-order valence-electron chi connectivity index (χ1n) is 8.79. The molecule has 1 unspecified atom stereocenters. The largest absolute Gasteiger partial charge is 0.465 e. The van der Waals surface area contributed by atoms with E-state index in [0.717, 1.165) is 0 Å². The lowest BCUT2D eigenvalue weighted by atomic mass is 10.0. The van der Waals surface area contributed by atoms with Gasteiger partial charge >= 0.3 is 6.09 Å². The predicted molar refractivity (Wildman–Crippen MR) is 114 cm³/mol. The van der Waals surface area contributed by atoms with Crippen LogP contribution >= 0.6 is 11.6 Å². The lowest BCUT2D eigenvalue weighted by Gasteiger charge is -2.18. The topological polar surface area (TPSA) is 130 Å². The van der Waals surface area contributed by atoms with E-state index in [9.17, 15) is 9.59 Å². The molecule has 1 aromatic heterocycles. The molecule has 0 saturated carbocycles. The number of nitrogens with zero attached hydrogens (tertiary/aromatic N) is 2. The molecule has 2 amide bonds. The third-order valence-electron chi connectivity index (χ3n) is 4.02. The van der Waals surface area contributed by atoms with Gasteiger partial charge in [-0.2, -0.15) is 0 Å².